The van der Waals surface area contributed by atoms with Crippen molar-refractivity contribution in [1.82, 2.24) is 0 Å². The highest BCUT2D eigenvalue weighted by Crippen LogP contribution is 1.84. The van der Waals surface area contributed by atoms with Gasteiger partial charge in [-0.25, -0.2) is 4.79 Å². The van der Waals surface area contributed by atoms with Gasteiger partial charge in [-0.15, -0.1) is 0 Å². The molecule has 0 spiro atoms. The summed E-state index contributed by atoms with van der Waals surface area (Å²) in [4.78, 5) is 10.4. The van der Waals surface area contributed by atoms with Crippen molar-refractivity contribution in [2.75, 3.05) is 26.4 Å². The lowest BCUT2D eigenvalue weighted by atomic mass is 10.4. The highest BCUT2D eigenvalue weighted by molar-refractivity contribution is 5.60. The Balaban J connectivity index is -0.000000233. The fourth-order valence-corrected chi connectivity index (χ4v) is 0.296. The third-order valence-corrected chi connectivity index (χ3v) is 1.24. The number of hydrogen-bond donors (Lipinski definition) is 2. The van der Waals surface area contributed by atoms with Crippen molar-refractivity contribution >= 4 is 6.16 Å². The topological polar surface area (TPSA) is 76.0 Å². The second kappa shape index (κ2) is 24.8. The molecule has 0 aliphatic heterocycles. The second-order valence-electron chi connectivity index (χ2n) is 2.90. The third kappa shape index (κ3) is 36.5. The van der Waals surface area contributed by atoms with Crippen molar-refractivity contribution in [3.8, 4) is 0 Å². The molecule has 0 fully saturated rings. The highest BCUT2D eigenvalue weighted by Gasteiger charge is 1.97. The number of carbonyl (C=O) groups excluding carboxylic acids is 1. The Hall–Kier alpha value is -1.33. The number of carbonyl (C=O) groups is 1. The van der Waals surface area contributed by atoms with Crippen LogP contribution < -0.4 is 0 Å². The van der Waals surface area contributed by atoms with Crippen LogP contribution in [0.15, 0.2) is 25.3 Å². The minimum absolute atomic E-state index is 0.125. The van der Waals surface area contributed by atoms with Gasteiger partial charge in [0.2, 0.25) is 0 Å². The van der Waals surface area contributed by atoms with E-state index in [2.05, 4.69) is 36.5 Å². The molecule has 0 atom stereocenters. The van der Waals surface area contributed by atoms with Crippen LogP contribution in [-0.4, -0.2) is 42.8 Å². The van der Waals surface area contributed by atoms with Crippen molar-refractivity contribution in [1.29, 1.82) is 0 Å². The predicted octanol–water partition coefficient (Wildman–Crippen LogP) is 2.29. The van der Waals surface area contributed by atoms with Gasteiger partial charge in [-0.1, -0.05) is 52.0 Å². The zero-order valence-corrected chi connectivity index (χ0v) is 11.4. The average molecular weight is 262 g/mol. The van der Waals surface area contributed by atoms with E-state index in [4.69, 9.17) is 10.2 Å². The Kier molecular flexibility index (Phi) is 30.1. The number of rotatable bonds is 6. The average Bonchev–Trinajstić information content (AvgIpc) is 2.43. The smallest absolute Gasteiger partial charge is 0.430 e. The molecule has 0 aromatic rings. The molecule has 5 heteroatoms. The molecular formula is C13H26O5. The van der Waals surface area contributed by atoms with Gasteiger partial charge in [0.05, 0.1) is 13.2 Å². The van der Waals surface area contributed by atoms with Crippen LogP contribution in [0.25, 0.3) is 0 Å². The Labute approximate surface area is 110 Å². The van der Waals surface area contributed by atoms with Crippen molar-refractivity contribution in [3.63, 3.8) is 0 Å². The third-order valence-electron chi connectivity index (χ3n) is 1.24. The van der Waals surface area contributed by atoms with Crippen LogP contribution in [0.3, 0.4) is 0 Å². The number of aliphatic hydroxyl groups is 2. The van der Waals surface area contributed by atoms with Gasteiger partial charge >= 0.3 is 6.16 Å². The van der Waals surface area contributed by atoms with Gasteiger partial charge in [0.1, 0.15) is 13.2 Å². The fourth-order valence-electron chi connectivity index (χ4n) is 0.296. The number of unbranched alkanes of at least 4 members (excludes halogenated alkanes) is 1. The molecule has 0 amide bonds. The van der Waals surface area contributed by atoms with Crippen LogP contribution in [0, 0.1) is 0 Å². The molecule has 0 heterocycles. The molecule has 108 valence electrons. The first-order valence-corrected chi connectivity index (χ1v) is 5.87. The van der Waals surface area contributed by atoms with E-state index >= 15 is 0 Å². The van der Waals surface area contributed by atoms with E-state index in [9.17, 15) is 4.79 Å². The summed E-state index contributed by atoms with van der Waals surface area (Å²) in [6.45, 7) is 11.2. The lowest BCUT2D eigenvalue weighted by molar-refractivity contribution is 0.0718. The van der Waals surface area contributed by atoms with Crippen LogP contribution in [0.5, 0.6) is 0 Å². The zero-order chi connectivity index (χ0) is 14.6. The summed E-state index contributed by atoms with van der Waals surface area (Å²) in [5, 5.41) is 15.2. The second-order valence-corrected chi connectivity index (χ2v) is 2.90. The summed E-state index contributed by atoms with van der Waals surface area (Å²) in [6.07, 6.45) is 4.88. The Morgan fingerprint density at radius 2 is 1.33 bits per heavy atom. The molecule has 0 saturated carbocycles. The van der Waals surface area contributed by atoms with Gasteiger partial charge in [0.25, 0.3) is 0 Å². The van der Waals surface area contributed by atoms with Crippen LogP contribution in [-0.2, 0) is 9.47 Å². The maximum absolute atomic E-state index is 10.4. The van der Waals surface area contributed by atoms with Crippen molar-refractivity contribution < 1.29 is 24.5 Å². The van der Waals surface area contributed by atoms with E-state index in [1.807, 2.05) is 0 Å². The number of hydrogen-bond acceptors (Lipinski definition) is 5. The summed E-state index contributed by atoms with van der Waals surface area (Å²) < 4.78 is 8.93. The molecule has 2 N–H and O–H groups in total. The molecule has 5 nitrogen and oxygen atoms in total. The molecule has 0 aliphatic carbocycles. The van der Waals surface area contributed by atoms with E-state index in [0.717, 1.165) is 0 Å². The van der Waals surface area contributed by atoms with Gasteiger partial charge in [0, 0.05) is 0 Å². The summed E-state index contributed by atoms with van der Waals surface area (Å²) in [5.74, 6) is 0. The quantitative estimate of drug-likeness (QED) is 0.567. The van der Waals surface area contributed by atoms with Gasteiger partial charge < -0.3 is 19.7 Å². The minimum Gasteiger partial charge on any atom is -0.430 e. The Morgan fingerprint density at radius 3 is 1.50 bits per heavy atom. The molecule has 0 aliphatic rings. The highest BCUT2D eigenvalue weighted by atomic mass is 16.7. The number of aliphatic hydroxyl groups excluding tert-OH is 2. The minimum atomic E-state index is -0.695. The molecule has 0 bridgehead atoms. The van der Waals surface area contributed by atoms with Gasteiger partial charge in [-0.2, -0.15) is 0 Å². The summed E-state index contributed by atoms with van der Waals surface area (Å²) in [5.41, 5.74) is 0. The zero-order valence-electron chi connectivity index (χ0n) is 11.4. The van der Waals surface area contributed by atoms with E-state index in [-0.39, 0.29) is 26.4 Å². The largest absolute Gasteiger partial charge is 0.508 e. The molecule has 18 heavy (non-hydrogen) atoms. The summed E-state index contributed by atoms with van der Waals surface area (Å²) >= 11 is 0. The molecule has 0 rings (SSSR count). The standard InChI is InChI=1S/C7H10O3.C4H10.C2H6O2/c1-3-5-9-7(8)10-6-4-2;1-3-4-2;3-1-2-4/h3-4H,1-2,5-6H2;3-4H2,1-2H3;3-4H,1-2H2. The van der Waals surface area contributed by atoms with E-state index in [1.165, 1.54) is 25.0 Å². The van der Waals surface area contributed by atoms with Crippen LogP contribution in [0.1, 0.15) is 26.7 Å². The van der Waals surface area contributed by atoms with E-state index in [1.54, 1.807) is 0 Å². The van der Waals surface area contributed by atoms with Gasteiger partial charge in [0.15, 0.2) is 0 Å². The molecule has 0 aromatic carbocycles. The molecule has 0 saturated heterocycles. The normalized spacial score (nSPS) is 7.78. The van der Waals surface area contributed by atoms with E-state index in [0.29, 0.717) is 0 Å². The van der Waals surface area contributed by atoms with Crippen LogP contribution in [0.2, 0.25) is 0 Å². The first-order chi connectivity index (χ1) is 8.64. The molecule has 0 radical (unpaired) electrons. The fraction of sp³-hybridized carbons (Fsp3) is 0.615. The lowest BCUT2D eigenvalue weighted by Gasteiger charge is -1.99. The summed E-state index contributed by atoms with van der Waals surface area (Å²) in [7, 11) is 0. The Morgan fingerprint density at radius 1 is 1.00 bits per heavy atom. The van der Waals surface area contributed by atoms with E-state index < -0.39 is 6.16 Å². The Bertz CT molecular complexity index is 158. The first-order valence-electron chi connectivity index (χ1n) is 5.87. The first kappa shape index (κ1) is 21.9. The maximum Gasteiger partial charge on any atom is 0.508 e. The van der Waals surface area contributed by atoms with Crippen LogP contribution in [0.4, 0.5) is 4.79 Å². The monoisotopic (exact) mass is 262 g/mol. The van der Waals surface area contributed by atoms with Gasteiger partial charge in [-0.05, 0) is 0 Å². The SMILES string of the molecule is C=CCOC(=O)OCC=C.CCCC.OCCO. The molecule has 0 unspecified atom stereocenters. The number of ether oxygens (including phenoxy) is 2. The molecule has 0 aromatic heterocycles. The molecular weight excluding hydrogens is 236 g/mol. The lowest BCUT2D eigenvalue weighted by Crippen LogP contribution is -2.06. The predicted molar refractivity (Wildman–Crippen MR) is 72.4 cm³/mol. The van der Waals surface area contributed by atoms with Gasteiger partial charge in [-0.3, -0.25) is 0 Å². The summed E-state index contributed by atoms with van der Waals surface area (Å²) in [6, 6.07) is 0. The van der Waals surface area contributed by atoms with Crippen molar-refractivity contribution in [2.45, 2.75) is 26.7 Å². The maximum atomic E-state index is 10.4. The van der Waals surface area contributed by atoms with Crippen LogP contribution >= 0.6 is 0 Å². The van der Waals surface area contributed by atoms with Crippen molar-refractivity contribution in [2.24, 2.45) is 0 Å². The van der Waals surface area contributed by atoms with Crippen molar-refractivity contribution in [3.05, 3.63) is 25.3 Å².